The molecule has 3 rings (SSSR count). The highest BCUT2D eigenvalue weighted by atomic mass is 35.5. The smallest absolute Gasteiger partial charge is 0.422 e. The number of para-hydroxylation sites is 1. The van der Waals surface area contributed by atoms with E-state index in [-0.39, 0.29) is 16.5 Å². The van der Waals surface area contributed by atoms with E-state index >= 15 is 0 Å². The first kappa shape index (κ1) is 20.4. The summed E-state index contributed by atoms with van der Waals surface area (Å²) >= 11 is 5.84. The Labute approximate surface area is 167 Å². The molecule has 152 valence electrons. The highest BCUT2D eigenvalue weighted by molar-refractivity contribution is 6.32. The van der Waals surface area contributed by atoms with Crippen molar-refractivity contribution in [3.8, 4) is 23.0 Å². The molecule has 3 aromatic rings. The Morgan fingerprint density at radius 1 is 1.31 bits per heavy atom. The number of halogens is 4. The molecule has 1 amide bonds. The zero-order chi connectivity index (χ0) is 21.0. The number of pyridine rings is 1. The normalized spacial score (nSPS) is 11.2. The number of nitrogens with zero attached hydrogens (tertiary/aromatic N) is 3. The summed E-state index contributed by atoms with van der Waals surface area (Å²) in [6, 6.07) is 8.21. The number of aromatic amines is 1. The zero-order valence-electron chi connectivity index (χ0n) is 14.7. The second kappa shape index (κ2) is 8.35. The van der Waals surface area contributed by atoms with Crippen molar-refractivity contribution in [3.63, 3.8) is 0 Å². The predicted molar refractivity (Wildman–Crippen MR) is 97.1 cm³/mol. The first-order chi connectivity index (χ1) is 13.8. The van der Waals surface area contributed by atoms with Gasteiger partial charge in [0.25, 0.3) is 5.91 Å². The average molecular weight is 428 g/mol. The van der Waals surface area contributed by atoms with Gasteiger partial charge < -0.3 is 9.47 Å². The Hall–Kier alpha value is -3.34. The van der Waals surface area contributed by atoms with E-state index in [0.29, 0.717) is 17.1 Å². The molecule has 0 aliphatic carbocycles. The summed E-state index contributed by atoms with van der Waals surface area (Å²) in [7, 11) is 1.51. The molecule has 0 aliphatic heterocycles. The number of amides is 1. The molecule has 0 spiro atoms. The number of benzene rings is 1. The minimum absolute atomic E-state index is 0.0157. The largest absolute Gasteiger partial charge is 0.496 e. The van der Waals surface area contributed by atoms with Crippen molar-refractivity contribution in [2.24, 2.45) is 0 Å². The third-order valence-electron chi connectivity index (χ3n) is 3.52. The third-order valence-corrected chi connectivity index (χ3v) is 3.79. The standard InChI is InChI=1S/C17H13ClF3N5O3/c1-28-12-5-3-2-4-10(12)13-23-16(26-25-13)24-14(27)9-6-11(18)15(22-7-9)29-8-17(19,20)21/h2-7H,8H2,1H3,(H2,23,24,25,26,27). The lowest BCUT2D eigenvalue weighted by Gasteiger charge is -2.10. The first-order valence-electron chi connectivity index (χ1n) is 7.99. The molecule has 0 fully saturated rings. The maximum Gasteiger partial charge on any atom is 0.422 e. The van der Waals surface area contributed by atoms with Crippen LogP contribution >= 0.6 is 11.6 Å². The number of aromatic nitrogens is 4. The Balaban J connectivity index is 1.71. The number of rotatable bonds is 6. The van der Waals surface area contributed by atoms with Gasteiger partial charge in [-0.1, -0.05) is 23.7 Å². The fourth-order valence-electron chi connectivity index (χ4n) is 2.26. The van der Waals surface area contributed by atoms with E-state index in [4.69, 9.17) is 16.3 Å². The number of hydrogen-bond acceptors (Lipinski definition) is 6. The molecule has 12 heteroatoms. The quantitative estimate of drug-likeness (QED) is 0.621. The molecule has 0 atom stereocenters. The first-order valence-corrected chi connectivity index (χ1v) is 8.37. The van der Waals surface area contributed by atoms with Gasteiger partial charge in [-0.3, -0.25) is 15.2 Å². The van der Waals surface area contributed by atoms with Crippen LogP contribution in [-0.2, 0) is 0 Å². The number of alkyl halides is 3. The lowest BCUT2D eigenvalue weighted by atomic mass is 10.2. The van der Waals surface area contributed by atoms with Crippen LogP contribution in [0.2, 0.25) is 5.02 Å². The van der Waals surface area contributed by atoms with Gasteiger partial charge in [0.1, 0.15) is 10.8 Å². The summed E-state index contributed by atoms with van der Waals surface area (Å²) in [6.45, 7) is -1.55. The van der Waals surface area contributed by atoms with Crippen LogP contribution in [0, 0.1) is 0 Å². The molecule has 8 nitrogen and oxygen atoms in total. The van der Waals surface area contributed by atoms with Gasteiger partial charge in [0.05, 0.1) is 18.2 Å². The van der Waals surface area contributed by atoms with Gasteiger partial charge in [-0.15, -0.1) is 5.10 Å². The summed E-state index contributed by atoms with van der Waals surface area (Å²) in [4.78, 5) is 20.1. The van der Waals surface area contributed by atoms with Crippen LogP contribution in [0.15, 0.2) is 36.5 Å². The SMILES string of the molecule is COc1ccccc1-c1nc(NC(=O)c2cnc(OCC(F)(F)F)c(Cl)c2)n[nH]1. The number of anilines is 1. The summed E-state index contributed by atoms with van der Waals surface area (Å²) in [5, 5.41) is 8.78. The second-order valence-electron chi connectivity index (χ2n) is 5.58. The van der Waals surface area contributed by atoms with Crippen LogP contribution in [0.25, 0.3) is 11.4 Å². The Morgan fingerprint density at radius 3 is 2.76 bits per heavy atom. The summed E-state index contributed by atoms with van der Waals surface area (Å²) < 4.78 is 46.4. The molecule has 2 N–H and O–H groups in total. The second-order valence-corrected chi connectivity index (χ2v) is 5.98. The molecular formula is C17H13ClF3N5O3. The number of hydrogen-bond donors (Lipinski definition) is 2. The van der Waals surface area contributed by atoms with Crippen molar-refractivity contribution >= 4 is 23.5 Å². The number of nitrogens with one attached hydrogen (secondary N) is 2. The maximum absolute atomic E-state index is 12.3. The van der Waals surface area contributed by atoms with Crippen LogP contribution in [0.4, 0.5) is 19.1 Å². The zero-order valence-corrected chi connectivity index (χ0v) is 15.5. The average Bonchev–Trinajstić information content (AvgIpc) is 3.14. The topological polar surface area (TPSA) is 102 Å². The fourth-order valence-corrected chi connectivity index (χ4v) is 2.48. The molecule has 2 heterocycles. The predicted octanol–water partition coefficient (Wildman–Crippen LogP) is 3.72. The van der Waals surface area contributed by atoms with Gasteiger partial charge in [0.2, 0.25) is 11.8 Å². The summed E-state index contributed by atoms with van der Waals surface area (Å²) in [6.07, 6.45) is -3.51. The van der Waals surface area contributed by atoms with Crippen LogP contribution in [-0.4, -0.2) is 46.0 Å². The van der Waals surface area contributed by atoms with Crippen molar-refractivity contribution in [1.82, 2.24) is 20.2 Å². The minimum atomic E-state index is -4.54. The highest BCUT2D eigenvalue weighted by Gasteiger charge is 2.29. The maximum atomic E-state index is 12.3. The molecule has 2 aromatic heterocycles. The molecule has 0 unspecified atom stereocenters. The molecule has 0 saturated carbocycles. The van der Waals surface area contributed by atoms with E-state index in [1.54, 1.807) is 24.3 Å². The lowest BCUT2D eigenvalue weighted by Crippen LogP contribution is -2.20. The monoisotopic (exact) mass is 427 g/mol. The molecule has 1 aromatic carbocycles. The van der Waals surface area contributed by atoms with Crippen LogP contribution in [0.1, 0.15) is 10.4 Å². The minimum Gasteiger partial charge on any atom is -0.496 e. The van der Waals surface area contributed by atoms with Gasteiger partial charge >= 0.3 is 6.18 Å². The van der Waals surface area contributed by atoms with E-state index < -0.39 is 24.6 Å². The number of carbonyl (C=O) groups excluding carboxylic acids is 1. The van der Waals surface area contributed by atoms with Crippen LogP contribution in [0.5, 0.6) is 11.6 Å². The van der Waals surface area contributed by atoms with Crippen LogP contribution in [0.3, 0.4) is 0 Å². The third kappa shape index (κ3) is 5.13. The number of carbonyl (C=O) groups is 1. The Kier molecular flexibility index (Phi) is 5.87. The van der Waals surface area contributed by atoms with Crippen molar-refractivity contribution < 1.29 is 27.4 Å². The molecule has 0 aliphatic rings. The van der Waals surface area contributed by atoms with Gasteiger partial charge in [0.15, 0.2) is 12.4 Å². The molecule has 29 heavy (non-hydrogen) atoms. The van der Waals surface area contributed by atoms with E-state index in [1.165, 1.54) is 7.11 Å². The summed E-state index contributed by atoms with van der Waals surface area (Å²) in [5.74, 6) is -0.189. The van der Waals surface area contributed by atoms with E-state index in [0.717, 1.165) is 12.3 Å². The highest BCUT2D eigenvalue weighted by Crippen LogP contribution is 2.28. The van der Waals surface area contributed by atoms with E-state index in [9.17, 15) is 18.0 Å². The summed E-state index contributed by atoms with van der Waals surface area (Å²) in [5.41, 5.74) is 0.622. The van der Waals surface area contributed by atoms with Crippen molar-refractivity contribution in [3.05, 3.63) is 47.1 Å². The number of H-pyrrole nitrogens is 1. The molecule has 0 radical (unpaired) electrons. The van der Waals surface area contributed by atoms with Gasteiger partial charge in [0, 0.05) is 6.20 Å². The van der Waals surface area contributed by atoms with Gasteiger partial charge in [-0.05, 0) is 18.2 Å². The number of methoxy groups -OCH3 is 1. The molecular weight excluding hydrogens is 415 g/mol. The number of ether oxygens (including phenoxy) is 2. The van der Waals surface area contributed by atoms with Crippen molar-refractivity contribution in [2.45, 2.75) is 6.18 Å². The fraction of sp³-hybridized carbons (Fsp3) is 0.176. The molecule has 0 bridgehead atoms. The van der Waals surface area contributed by atoms with Crippen molar-refractivity contribution in [1.29, 1.82) is 0 Å². The van der Waals surface area contributed by atoms with Crippen LogP contribution < -0.4 is 14.8 Å². The Morgan fingerprint density at radius 2 is 2.07 bits per heavy atom. The Bertz CT molecular complexity index is 1030. The lowest BCUT2D eigenvalue weighted by molar-refractivity contribution is -0.154. The van der Waals surface area contributed by atoms with E-state index in [1.807, 2.05) is 0 Å². The van der Waals surface area contributed by atoms with Gasteiger partial charge in [-0.2, -0.15) is 18.2 Å². The van der Waals surface area contributed by atoms with Crippen molar-refractivity contribution in [2.75, 3.05) is 19.0 Å². The van der Waals surface area contributed by atoms with E-state index in [2.05, 4.69) is 30.2 Å². The van der Waals surface area contributed by atoms with Gasteiger partial charge in [-0.25, -0.2) is 4.98 Å². The molecule has 0 saturated heterocycles.